The van der Waals surface area contributed by atoms with Gasteiger partial charge in [0.15, 0.2) is 0 Å². The van der Waals surface area contributed by atoms with Crippen molar-refractivity contribution >= 4 is 33.9 Å². The van der Waals surface area contributed by atoms with Crippen LogP contribution in [0.25, 0.3) is 10.9 Å². The molecule has 3 aromatic rings. The van der Waals surface area contributed by atoms with Gasteiger partial charge in [-0.15, -0.1) is 0 Å². The number of nitro benzene ring substituents is 2. The number of carbonyl (C=O) groups excluding carboxylic acids is 1. The largest absolute Gasteiger partial charge is 0.361 e. The topological polar surface area (TPSA) is 122 Å². The number of fused-ring (bicyclic) bond motifs is 1. The van der Waals surface area contributed by atoms with E-state index in [1.807, 2.05) is 39.0 Å². The zero-order chi connectivity index (χ0) is 22.0. The first kappa shape index (κ1) is 21.0. The number of H-pyrrole nitrogens is 1. The smallest absolute Gasteiger partial charge is 0.277 e. The Hall–Kier alpha value is -3.75. The first-order chi connectivity index (χ1) is 14.2. The standard InChI is InChI=1S/C21H22N4O5/c1-13(2)8-14(3)23(17-4-5-20-15(9-17)6-7-22-20)21(26)16-10-18(24(27)28)12-19(11-16)25(29)30/h4-7,9-14,22H,8H2,1-3H3. The number of hydrogen-bond acceptors (Lipinski definition) is 5. The fraction of sp³-hybridized carbons (Fsp3) is 0.286. The van der Waals surface area contributed by atoms with Gasteiger partial charge in [0.05, 0.1) is 21.5 Å². The molecule has 0 fully saturated rings. The van der Waals surface area contributed by atoms with Gasteiger partial charge in [0, 0.05) is 41.0 Å². The number of aromatic nitrogens is 1. The molecule has 1 unspecified atom stereocenters. The van der Waals surface area contributed by atoms with Crippen LogP contribution in [-0.4, -0.2) is 26.8 Å². The SMILES string of the molecule is CC(C)CC(C)N(C(=O)c1cc([N+](=O)[O-])cc([N+](=O)[O-])c1)c1ccc2[nH]ccc2c1. The number of nitro groups is 2. The summed E-state index contributed by atoms with van der Waals surface area (Å²) in [5, 5.41) is 23.4. The number of nitrogens with zero attached hydrogens (tertiary/aromatic N) is 3. The van der Waals surface area contributed by atoms with Crippen LogP contribution in [0.5, 0.6) is 0 Å². The molecule has 1 heterocycles. The van der Waals surface area contributed by atoms with Crippen molar-refractivity contribution in [3.8, 4) is 0 Å². The van der Waals surface area contributed by atoms with Gasteiger partial charge in [-0.1, -0.05) is 13.8 Å². The molecule has 0 saturated heterocycles. The molecule has 156 valence electrons. The van der Waals surface area contributed by atoms with E-state index in [4.69, 9.17) is 0 Å². The van der Waals surface area contributed by atoms with Crippen molar-refractivity contribution < 1.29 is 14.6 Å². The maximum atomic E-state index is 13.5. The number of anilines is 1. The maximum Gasteiger partial charge on any atom is 0.277 e. The molecule has 0 aliphatic carbocycles. The summed E-state index contributed by atoms with van der Waals surface area (Å²) in [4.78, 5) is 39.1. The van der Waals surface area contributed by atoms with E-state index in [1.165, 1.54) is 0 Å². The predicted octanol–water partition coefficient (Wildman–Crippen LogP) is 5.07. The van der Waals surface area contributed by atoms with E-state index in [1.54, 1.807) is 17.2 Å². The molecular weight excluding hydrogens is 388 g/mol. The number of nitrogens with one attached hydrogen (secondary N) is 1. The number of hydrogen-bond donors (Lipinski definition) is 1. The number of rotatable bonds is 7. The molecule has 1 amide bonds. The van der Waals surface area contributed by atoms with Gasteiger partial charge in [-0.05, 0) is 43.5 Å². The van der Waals surface area contributed by atoms with E-state index < -0.39 is 27.1 Å². The van der Waals surface area contributed by atoms with E-state index >= 15 is 0 Å². The van der Waals surface area contributed by atoms with Crippen LogP contribution < -0.4 is 4.90 Å². The van der Waals surface area contributed by atoms with E-state index in [0.717, 1.165) is 29.1 Å². The summed E-state index contributed by atoms with van der Waals surface area (Å²) >= 11 is 0. The summed E-state index contributed by atoms with van der Waals surface area (Å²) in [6.07, 6.45) is 2.48. The minimum atomic E-state index is -0.739. The Morgan fingerprint density at radius 3 is 2.20 bits per heavy atom. The predicted molar refractivity (Wildman–Crippen MR) is 114 cm³/mol. The van der Waals surface area contributed by atoms with E-state index in [-0.39, 0.29) is 11.6 Å². The maximum absolute atomic E-state index is 13.5. The van der Waals surface area contributed by atoms with Crippen molar-refractivity contribution in [1.82, 2.24) is 4.98 Å². The normalized spacial score (nSPS) is 12.1. The average molecular weight is 410 g/mol. The lowest BCUT2D eigenvalue weighted by Gasteiger charge is -2.30. The average Bonchev–Trinajstić information content (AvgIpc) is 3.15. The highest BCUT2D eigenvalue weighted by Crippen LogP contribution is 2.29. The van der Waals surface area contributed by atoms with Crippen LogP contribution >= 0.6 is 0 Å². The van der Waals surface area contributed by atoms with Gasteiger partial charge in [0.1, 0.15) is 0 Å². The molecular formula is C21H22N4O5. The van der Waals surface area contributed by atoms with Crippen molar-refractivity contribution in [2.45, 2.75) is 33.2 Å². The highest BCUT2D eigenvalue weighted by Gasteiger charge is 2.28. The van der Waals surface area contributed by atoms with Crippen LogP contribution in [0.3, 0.4) is 0 Å². The van der Waals surface area contributed by atoms with Gasteiger partial charge in [-0.3, -0.25) is 25.0 Å². The van der Waals surface area contributed by atoms with E-state index in [0.29, 0.717) is 18.0 Å². The van der Waals surface area contributed by atoms with Gasteiger partial charge in [-0.25, -0.2) is 0 Å². The number of carbonyl (C=O) groups is 1. The zero-order valence-corrected chi connectivity index (χ0v) is 16.9. The minimum absolute atomic E-state index is 0.0966. The highest BCUT2D eigenvalue weighted by molar-refractivity contribution is 6.08. The van der Waals surface area contributed by atoms with Crippen LogP contribution in [0, 0.1) is 26.1 Å². The lowest BCUT2D eigenvalue weighted by atomic mass is 10.0. The van der Waals surface area contributed by atoms with Gasteiger partial charge >= 0.3 is 0 Å². The number of benzene rings is 2. The molecule has 9 nitrogen and oxygen atoms in total. The Balaban J connectivity index is 2.12. The molecule has 2 aromatic carbocycles. The third-order valence-corrected chi connectivity index (χ3v) is 4.86. The molecule has 0 aliphatic heterocycles. The fourth-order valence-electron chi connectivity index (χ4n) is 3.62. The first-order valence-electron chi connectivity index (χ1n) is 9.52. The Kier molecular flexibility index (Phi) is 5.81. The first-order valence-corrected chi connectivity index (χ1v) is 9.52. The fourth-order valence-corrected chi connectivity index (χ4v) is 3.62. The number of amides is 1. The summed E-state index contributed by atoms with van der Waals surface area (Å²) in [7, 11) is 0. The second kappa shape index (κ2) is 8.32. The monoisotopic (exact) mass is 410 g/mol. The zero-order valence-electron chi connectivity index (χ0n) is 16.9. The molecule has 0 spiro atoms. The van der Waals surface area contributed by atoms with Crippen LogP contribution in [0.4, 0.5) is 17.1 Å². The molecule has 1 aromatic heterocycles. The van der Waals surface area contributed by atoms with Gasteiger partial charge in [-0.2, -0.15) is 0 Å². The van der Waals surface area contributed by atoms with E-state index in [9.17, 15) is 25.0 Å². The number of aromatic amines is 1. The number of non-ortho nitro benzene ring substituents is 2. The van der Waals surface area contributed by atoms with Crippen LogP contribution in [0.2, 0.25) is 0 Å². The Labute approximate surface area is 172 Å². The second-order valence-corrected chi connectivity index (χ2v) is 7.66. The Morgan fingerprint density at radius 1 is 1.00 bits per heavy atom. The second-order valence-electron chi connectivity index (χ2n) is 7.66. The Morgan fingerprint density at radius 2 is 1.63 bits per heavy atom. The lowest BCUT2D eigenvalue weighted by molar-refractivity contribution is -0.394. The summed E-state index contributed by atoms with van der Waals surface area (Å²) in [6, 6.07) is 10.2. The summed E-state index contributed by atoms with van der Waals surface area (Å²) in [5.41, 5.74) is 0.443. The van der Waals surface area contributed by atoms with E-state index in [2.05, 4.69) is 4.98 Å². The van der Waals surface area contributed by atoms with Crippen LogP contribution in [0.15, 0.2) is 48.7 Å². The third-order valence-electron chi connectivity index (χ3n) is 4.86. The van der Waals surface area contributed by atoms with Gasteiger partial charge < -0.3 is 9.88 Å². The molecule has 0 radical (unpaired) electrons. The van der Waals surface area contributed by atoms with Crippen molar-refractivity contribution in [1.29, 1.82) is 0 Å². The van der Waals surface area contributed by atoms with Crippen LogP contribution in [0.1, 0.15) is 37.6 Å². The Bertz CT molecular complexity index is 1090. The molecule has 0 aliphatic rings. The van der Waals surface area contributed by atoms with Crippen molar-refractivity contribution in [3.05, 3.63) is 74.5 Å². The molecule has 3 rings (SSSR count). The molecule has 0 bridgehead atoms. The lowest BCUT2D eigenvalue weighted by Crippen LogP contribution is -2.39. The van der Waals surface area contributed by atoms with Crippen LogP contribution in [-0.2, 0) is 0 Å². The molecule has 1 atom stereocenters. The van der Waals surface area contributed by atoms with Crippen molar-refractivity contribution in [2.24, 2.45) is 5.92 Å². The minimum Gasteiger partial charge on any atom is -0.361 e. The van der Waals surface area contributed by atoms with Crippen molar-refractivity contribution in [2.75, 3.05) is 4.90 Å². The molecule has 0 saturated carbocycles. The quantitative estimate of drug-likeness (QED) is 0.430. The molecule has 9 heteroatoms. The van der Waals surface area contributed by atoms with Crippen molar-refractivity contribution in [3.63, 3.8) is 0 Å². The highest BCUT2D eigenvalue weighted by atomic mass is 16.6. The summed E-state index contributed by atoms with van der Waals surface area (Å²) < 4.78 is 0. The molecule has 30 heavy (non-hydrogen) atoms. The summed E-state index contributed by atoms with van der Waals surface area (Å²) in [6.45, 7) is 5.96. The molecule has 1 N–H and O–H groups in total. The summed E-state index contributed by atoms with van der Waals surface area (Å²) in [5.74, 6) is -0.226. The van der Waals surface area contributed by atoms with Gasteiger partial charge in [0.25, 0.3) is 17.3 Å². The third kappa shape index (κ3) is 4.29. The van der Waals surface area contributed by atoms with Gasteiger partial charge in [0.2, 0.25) is 0 Å².